The molecule has 8 nitrogen and oxygen atoms in total. The molecule has 0 aliphatic carbocycles. The number of H-pyrrole nitrogens is 1. The summed E-state index contributed by atoms with van der Waals surface area (Å²) in [5, 5.41) is 11.3. The SMILES string of the molecule is COc1cc(OC)c(Cl)c(-c2ccc3c(NC(=O)c4ccc(N5CC(C)(C)CC(C)(C)C5)cc4)n[nH]c3n2)c1Cl. The number of benzene rings is 2. The van der Waals surface area contributed by atoms with Gasteiger partial charge in [-0.3, -0.25) is 9.89 Å². The van der Waals surface area contributed by atoms with E-state index in [0.29, 0.717) is 55.2 Å². The number of carbonyl (C=O) groups is 1. The Hall–Kier alpha value is -3.49. The van der Waals surface area contributed by atoms with Crippen molar-refractivity contribution in [2.24, 2.45) is 10.8 Å². The minimum Gasteiger partial charge on any atom is -0.495 e. The fourth-order valence-corrected chi connectivity index (χ4v) is 6.63. The van der Waals surface area contributed by atoms with Crippen LogP contribution in [0, 0.1) is 10.8 Å². The zero-order valence-electron chi connectivity index (χ0n) is 23.5. The summed E-state index contributed by atoms with van der Waals surface area (Å²) in [6.07, 6.45) is 1.18. The van der Waals surface area contributed by atoms with Crippen LogP contribution in [0.5, 0.6) is 11.5 Å². The van der Waals surface area contributed by atoms with Gasteiger partial charge in [0.05, 0.1) is 35.3 Å². The highest BCUT2D eigenvalue weighted by Crippen LogP contribution is 2.46. The maximum Gasteiger partial charge on any atom is 0.256 e. The predicted molar refractivity (Wildman–Crippen MR) is 161 cm³/mol. The first kappa shape index (κ1) is 28.1. The summed E-state index contributed by atoms with van der Waals surface area (Å²) in [6.45, 7) is 11.2. The number of piperidine rings is 1. The van der Waals surface area contributed by atoms with Gasteiger partial charge in [-0.1, -0.05) is 50.9 Å². The van der Waals surface area contributed by atoms with Crippen molar-refractivity contribution in [2.75, 3.05) is 37.5 Å². The molecule has 0 saturated carbocycles. The molecule has 0 spiro atoms. The third kappa shape index (κ3) is 5.43. The van der Waals surface area contributed by atoms with Gasteiger partial charge in [-0.15, -0.1) is 0 Å². The number of halogens is 2. The van der Waals surface area contributed by atoms with Crippen molar-refractivity contribution < 1.29 is 14.3 Å². The zero-order chi connectivity index (χ0) is 28.8. The number of aromatic nitrogens is 3. The van der Waals surface area contributed by atoms with Crippen LogP contribution in [-0.2, 0) is 0 Å². The Morgan fingerprint density at radius 2 is 1.55 bits per heavy atom. The Bertz CT molecular complexity index is 1540. The van der Waals surface area contributed by atoms with Crippen molar-refractivity contribution in [1.82, 2.24) is 15.2 Å². The molecule has 1 aliphatic rings. The van der Waals surface area contributed by atoms with Crippen LogP contribution in [0.3, 0.4) is 0 Å². The van der Waals surface area contributed by atoms with Gasteiger partial charge < -0.3 is 19.7 Å². The second-order valence-corrected chi connectivity index (χ2v) is 12.6. The van der Waals surface area contributed by atoms with Crippen molar-refractivity contribution in [3.63, 3.8) is 0 Å². The summed E-state index contributed by atoms with van der Waals surface area (Å²) in [4.78, 5) is 20.2. The fourth-order valence-electron chi connectivity index (χ4n) is 5.93. The van der Waals surface area contributed by atoms with Crippen LogP contribution in [0.4, 0.5) is 11.5 Å². The van der Waals surface area contributed by atoms with Gasteiger partial charge >= 0.3 is 0 Å². The van der Waals surface area contributed by atoms with Crippen LogP contribution < -0.4 is 19.7 Å². The molecule has 0 unspecified atom stereocenters. The first-order valence-electron chi connectivity index (χ1n) is 13.0. The highest BCUT2D eigenvalue weighted by atomic mass is 35.5. The van der Waals surface area contributed by atoms with Gasteiger partial charge in [0.1, 0.15) is 11.5 Å². The molecule has 2 aromatic heterocycles. The number of aromatic amines is 1. The number of anilines is 2. The Morgan fingerprint density at radius 1 is 0.950 bits per heavy atom. The minimum absolute atomic E-state index is 0.224. The average Bonchev–Trinajstić information content (AvgIpc) is 3.29. The number of hydrogen-bond acceptors (Lipinski definition) is 6. The highest BCUT2D eigenvalue weighted by molar-refractivity contribution is 6.41. The molecule has 0 radical (unpaired) electrons. The summed E-state index contributed by atoms with van der Waals surface area (Å²) >= 11 is 13.1. The maximum atomic E-state index is 13.1. The summed E-state index contributed by atoms with van der Waals surface area (Å²) < 4.78 is 10.7. The molecule has 1 amide bonds. The van der Waals surface area contributed by atoms with Crippen molar-refractivity contribution in [3.05, 3.63) is 58.1 Å². The van der Waals surface area contributed by atoms with Gasteiger partial charge in [0.15, 0.2) is 11.5 Å². The third-order valence-corrected chi connectivity index (χ3v) is 7.93. The first-order valence-corrected chi connectivity index (χ1v) is 13.8. The van der Waals surface area contributed by atoms with E-state index in [-0.39, 0.29) is 16.7 Å². The largest absolute Gasteiger partial charge is 0.495 e. The van der Waals surface area contributed by atoms with Gasteiger partial charge in [-0.2, -0.15) is 5.10 Å². The van der Waals surface area contributed by atoms with Gasteiger partial charge in [0, 0.05) is 36.0 Å². The number of pyridine rings is 1. The molecule has 10 heteroatoms. The lowest BCUT2D eigenvalue weighted by molar-refractivity contribution is 0.102. The lowest BCUT2D eigenvalue weighted by Gasteiger charge is -2.48. The standard InChI is InChI=1S/C30H33Cl2N5O3/c1-29(2)14-30(3,4)16-37(15-29)18-9-7-17(8-10-18)28(38)34-27-19-11-12-20(33-26(19)35-36-27)23-24(31)21(39-5)13-22(40-6)25(23)32/h7-13H,14-16H2,1-6H3,(H2,33,34,35,36,38). The van der Waals surface area contributed by atoms with Gasteiger partial charge in [0.2, 0.25) is 0 Å². The van der Waals surface area contributed by atoms with E-state index in [4.69, 9.17) is 32.7 Å². The topological polar surface area (TPSA) is 92.4 Å². The second kappa shape index (κ2) is 10.5. The molecular weight excluding hydrogens is 549 g/mol. The van der Waals surface area contributed by atoms with Gasteiger partial charge in [-0.25, -0.2) is 4.98 Å². The molecule has 0 atom stereocenters. The van der Waals surface area contributed by atoms with E-state index in [1.807, 2.05) is 24.3 Å². The van der Waals surface area contributed by atoms with Crippen LogP contribution >= 0.6 is 23.2 Å². The van der Waals surface area contributed by atoms with Crippen LogP contribution in [-0.4, -0.2) is 48.4 Å². The second-order valence-electron chi connectivity index (χ2n) is 11.8. The summed E-state index contributed by atoms with van der Waals surface area (Å²) in [5.74, 6) is 0.947. The Kier molecular flexibility index (Phi) is 7.35. The lowest BCUT2D eigenvalue weighted by atomic mass is 9.71. The van der Waals surface area contributed by atoms with Crippen LogP contribution in [0.1, 0.15) is 44.5 Å². The fraction of sp³-hybridized carbons (Fsp3) is 0.367. The lowest BCUT2D eigenvalue weighted by Crippen LogP contribution is -2.48. The molecular formula is C30H33Cl2N5O3. The van der Waals surface area contributed by atoms with Crippen LogP contribution in [0.2, 0.25) is 10.0 Å². The quantitative estimate of drug-likeness (QED) is 0.245. The van der Waals surface area contributed by atoms with E-state index >= 15 is 0 Å². The number of hydrogen-bond donors (Lipinski definition) is 2. The number of methoxy groups -OCH3 is 2. The molecule has 40 heavy (non-hydrogen) atoms. The van der Waals surface area contributed by atoms with E-state index in [1.165, 1.54) is 20.6 Å². The van der Waals surface area contributed by atoms with E-state index in [0.717, 1.165) is 18.8 Å². The average molecular weight is 583 g/mol. The van der Waals surface area contributed by atoms with Crippen molar-refractivity contribution in [3.8, 4) is 22.8 Å². The number of rotatable bonds is 6. The van der Waals surface area contributed by atoms with E-state index < -0.39 is 0 Å². The van der Waals surface area contributed by atoms with E-state index in [1.54, 1.807) is 18.2 Å². The molecule has 3 heterocycles. The molecule has 1 fully saturated rings. The van der Waals surface area contributed by atoms with Crippen LogP contribution in [0.25, 0.3) is 22.3 Å². The molecule has 2 N–H and O–H groups in total. The molecule has 1 saturated heterocycles. The number of nitrogens with one attached hydrogen (secondary N) is 2. The van der Waals surface area contributed by atoms with Gasteiger partial charge in [-0.05, 0) is 53.6 Å². The van der Waals surface area contributed by atoms with Crippen molar-refractivity contribution in [1.29, 1.82) is 0 Å². The van der Waals surface area contributed by atoms with Crippen LogP contribution in [0.15, 0.2) is 42.5 Å². The Balaban J connectivity index is 1.37. The van der Waals surface area contributed by atoms with E-state index in [9.17, 15) is 4.79 Å². The van der Waals surface area contributed by atoms with E-state index in [2.05, 4.69) is 53.1 Å². The molecule has 210 valence electrons. The number of fused-ring (bicyclic) bond motifs is 1. The van der Waals surface area contributed by atoms with Gasteiger partial charge in [0.25, 0.3) is 5.91 Å². The first-order chi connectivity index (χ1) is 18.9. The minimum atomic E-state index is -0.257. The molecule has 4 aromatic rings. The predicted octanol–water partition coefficient (Wildman–Crippen LogP) is 7.46. The Labute approximate surface area is 244 Å². The van der Waals surface area contributed by atoms with Crippen molar-refractivity contribution in [2.45, 2.75) is 34.1 Å². The summed E-state index contributed by atoms with van der Waals surface area (Å²) in [6, 6.07) is 12.9. The van der Waals surface area contributed by atoms with Crippen molar-refractivity contribution >= 4 is 51.6 Å². The summed E-state index contributed by atoms with van der Waals surface area (Å²) in [5.41, 5.74) is 3.55. The normalized spacial score (nSPS) is 16.1. The highest BCUT2D eigenvalue weighted by Gasteiger charge is 2.37. The smallest absolute Gasteiger partial charge is 0.256 e. The molecule has 0 bridgehead atoms. The number of nitrogens with zero attached hydrogens (tertiary/aromatic N) is 3. The number of ether oxygens (including phenoxy) is 2. The zero-order valence-corrected chi connectivity index (χ0v) is 25.0. The third-order valence-electron chi connectivity index (χ3n) is 7.18. The number of carbonyl (C=O) groups excluding carboxylic acids is 1. The monoisotopic (exact) mass is 581 g/mol. The number of amides is 1. The molecule has 1 aliphatic heterocycles. The molecule has 5 rings (SSSR count). The Morgan fingerprint density at radius 3 is 2.12 bits per heavy atom. The summed E-state index contributed by atoms with van der Waals surface area (Å²) in [7, 11) is 3.03. The maximum absolute atomic E-state index is 13.1. The molecule has 2 aromatic carbocycles.